The van der Waals surface area contributed by atoms with E-state index in [1.165, 1.54) is 37.2 Å². The molecule has 0 atom stereocenters. The van der Waals surface area contributed by atoms with Crippen molar-refractivity contribution in [3.63, 3.8) is 0 Å². The molecule has 1 aromatic rings. The Labute approximate surface area is 83.7 Å². The predicted molar refractivity (Wildman–Crippen MR) is 56.0 cm³/mol. The van der Waals surface area contributed by atoms with Crippen molar-refractivity contribution in [3.05, 3.63) is 6.20 Å². The molecule has 1 rings (SSSR count). The van der Waals surface area contributed by atoms with Crippen molar-refractivity contribution in [3.8, 4) is 0 Å². The van der Waals surface area contributed by atoms with Crippen LogP contribution in [0.4, 0.5) is 5.00 Å². The Morgan fingerprint density at radius 3 is 2.54 bits per heavy atom. The lowest BCUT2D eigenvalue weighted by molar-refractivity contribution is 0.587. The highest BCUT2D eigenvalue weighted by molar-refractivity contribution is 7.09. The Bertz CT molecular complexity index is 205. The average molecular weight is 198 g/mol. The second-order valence-corrected chi connectivity index (χ2v) is 3.89. The molecule has 0 unspecified atom stereocenters. The van der Waals surface area contributed by atoms with E-state index in [2.05, 4.69) is 34.9 Å². The Kier molecular flexibility index (Phi) is 4.75. The molecule has 73 valence electrons. The van der Waals surface area contributed by atoms with Crippen molar-refractivity contribution in [1.82, 2.24) is 9.59 Å². The molecule has 0 aliphatic rings. The molecule has 0 saturated carbocycles. The van der Waals surface area contributed by atoms with E-state index in [-0.39, 0.29) is 0 Å². The van der Waals surface area contributed by atoms with E-state index in [0.29, 0.717) is 6.04 Å². The van der Waals surface area contributed by atoms with Gasteiger partial charge in [-0.05, 0) is 12.8 Å². The third-order valence-electron chi connectivity index (χ3n) is 1.93. The molecule has 0 bridgehead atoms. The molecule has 1 radical (unpaired) electrons. The van der Waals surface area contributed by atoms with Gasteiger partial charge in [0.25, 0.3) is 0 Å². The van der Waals surface area contributed by atoms with Crippen molar-refractivity contribution < 1.29 is 0 Å². The summed E-state index contributed by atoms with van der Waals surface area (Å²) in [5.41, 5.74) is 0. The minimum Gasteiger partial charge on any atom is -0.371 e. The first-order valence-corrected chi connectivity index (χ1v) is 5.60. The van der Waals surface area contributed by atoms with Crippen molar-refractivity contribution in [2.75, 3.05) is 5.32 Å². The lowest BCUT2D eigenvalue weighted by Gasteiger charge is -2.15. The molecule has 1 N–H and O–H groups in total. The van der Waals surface area contributed by atoms with Gasteiger partial charge in [-0.15, -0.1) is 5.10 Å². The number of hydrogen-bond donors (Lipinski definition) is 1. The van der Waals surface area contributed by atoms with Gasteiger partial charge < -0.3 is 5.32 Å². The van der Waals surface area contributed by atoms with E-state index in [1.807, 2.05) is 0 Å². The summed E-state index contributed by atoms with van der Waals surface area (Å²) in [6, 6.07) is 0.563. The van der Waals surface area contributed by atoms with Gasteiger partial charge in [-0.3, -0.25) is 0 Å². The highest BCUT2D eigenvalue weighted by Gasteiger charge is 2.07. The van der Waals surface area contributed by atoms with Crippen LogP contribution in [0, 0.1) is 6.20 Å². The van der Waals surface area contributed by atoms with E-state index < -0.39 is 0 Å². The molecule has 1 heterocycles. The monoisotopic (exact) mass is 198 g/mol. The summed E-state index contributed by atoms with van der Waals surface area (Å²) in [5, 5.41) is 8.04. The van der Waals surface area contributed by atoms with E-state index in [0.717, 1.165) is 5.00 Å². The summed E-state index contributed by atoms with van der Waals surface area (Å²) in [5.74, 6) is 0. The Morgan fingerprint density at radius 2 is 2.08 bits per heavy atom. The van der Waals surface area contributed by atoms with Gasteiger partial charge in [-0.25, -0.2) is 0 Å². The number of nitrogens with zero attached hydrogens (tertiary/aromatic N) is 2. The zero-order chi connectivity index (χ0) is 9.52. The van der Waals surface area contributed by atoms with Gasteiger partial charge in [-0.2, -0.15) is 0 Å². The zero-order valence-corrected chi connectivity index (χ0v) is 9.02. The second-order valence-electron chi connectivity index (χ2n) is 3.13. The SMILES string of the molecule is CCCC(CCC)Nc1[c]nns1. The first-order chi connectivity index (χ1) is 6.36. The van der Waals surface area contributed by atoms with E-state index in [1.54, 1.807) is 0 Å². The molecule has 1 aromatic heterocycles. The molecule has 0 aromatic carbocycles. The minimum atomic E-state index is 0.563. The summed E-state index contributed by atoms with van der Waals surface area (Å²) in [7, 11) is 0. The van der Waals surface area contributed by atoms with Gasteiger partial charge in [0.2, 0.25) is 0 Å². The van der Waals surface area contributed by atoms with Crippen LogP contribution in [0.3, 0.4) is 0 Å². The number of nitrogens with one attached hydrogen (secondary N) is 1. The summed E-state index contributed by atoms with van der Waals surface area (Å²) in [6.45, 7) is 4.41. The fourth-order valence-electron chi connectivity index (χ4n) is 1.38. The highest BCUT2D eigenvalue weighted by Crippen LogP contribution is 2.15. The van der Waals surface area contributed by atoms with Crippen LogP contribution in [-0.2, 0) is 0 Å². The normalized spacial score (nSPS) is 10.7. The van der Waals surface area contributed by atoms with Crippen LogP contribution in [-0.4, -0.2) is 15.6 Å². The molecular weight excluding hydrogens is 182 g/mol. The fourth-order valence-corrected chi connectivity index (χ4v) is 1.84. The molecule has 0 saturated heterocycles. The standard InChI is InChI=1S/C9H16N3S/c1-3-5-8(6-4-2)11-9-7-10-12-13-9/h8,11H,3-6H2,1-2H3. The average Bonchev–Trinajstić information content (AvgIpc) is 2.58. The summed E-state index contributed by atoms with van der Waals surface area (Å²) in [6.07, 6.45) is 7.67. The summed E-state index contributed by atoms with van der Waals surface area (Å²) < 4.78 is 3.77. The van der Waals surface area contributed by atoms with E-state index in [4.69, 9.17) is 0 Å². The maximum Gasteiger partial charge on any atom is 0.152 e. The van der Waals surface area contributed by atoms with Crippen molar-refractivity contribution in [1.29, 1.82) is 0 Å². The van der Waals surface area contributed by atoms with Crippen molar-refractivity contribution in [2.24, 2.45) is 0 Å². The van der Waals surface area contributed by atoms with Crippen LogP contribution in [0.1, 0.15) is 39.5 Å². The number of aromatic nitrogens is 2. The predicted octanol–water partition coefficient (Wildman–Crippen LogP) is 2.72. The number of hydrogen-bond acceptors (Lipinski definition) is 4. The van der Waals surface area contributed by atoms with Crippen LogP contribution >= 0.6 is 11.5 Å². The topological polar surface area (TPSA) is 37.8 Å². The quantitative estimate of drug-likeness (QED) is 0.763. The molecule has 0 amide bonds. The van der Waals surface area contributed by atoms with Gasteiger partial charge in [0.1, 0.15) is 5.00 Å². The molecule has 0 aliphatic heterocycles. The van der Waals surface area contributed by atoms with Crippen LogP contribution < -0.4 is 5.32 Å². The Balaban J connectivity index is 2.37. The van der Waals surface area contributed by atoms with Gasteiger partial charge in [0.05, 0.1) is 0 Å². The third kappa shape index (κ3) is 3.72. The van der Waals surface area contributed by atoms with Gasteiger partial charge in [0.15, 0.2) is 6.20 Å². The lowest BCUT2D eigenvalue weighted by Crippen LogP contribution is -2.18. The van der Waals surface area contributed by atoms with Crippen molar-refractivity contribution >= 4 is 16.5 Å². The maximum atomic E-state index is 3.77. The molecule has 3 nitrogen and oxygen atoms in total. The first-order valence-electron chi connectivity index (χ1n) is 4.83. The zero-order valence-electron chi connectivity index (χ0n) is 8.21. The van der Waals surface area contributed by atoms with E-state index >= 15 is 0 Å². The van der Waals surface area contributed by atoms with Gasteiger partial charge in [-0.1, -0.05) is 31.2 Å². The largest absolute Gasteiger partial charge is 0.371 e. The van der Waals surface area contributed by atoms with Crippen LogP contribution in [0.2, 0.25) is 0 Å². The molecule has 0 spiro atoms. The second kappa shape index (κ2) is 5.91. The van der Waals surface area contributed by atoms with Crippen LogP contribution in [0.15, 0.2) is 0 Å². The summed E-state index contributed by atoms with van der Waals surface area (Å²) >= 11 is 1.38. The maximum absolute atomic E-state index is 3.77. The van der Waals surface area contributed by atoms with Crippen LogP contribution in [0.5, 0.6) is 0 Å². The smallest absolute Gasteiger partial charge is 0.152 e. The Hall–Kier alpha value is -0.640. The van der Waals surface area contributed by atoms with Gasteiger partial charge in [0, 0.05) is 17.6 Å². The molecule has 13 heavy (non-hydrogen) atoms. The highest BCUT2D eigenvalue weighted by atomic mass is 32.1. The summed E-state index contributed by atoms with van der Waals surface area (Å²) in [4.78, 5) is 0. The van der Waals surface area contributed by atoms with Crippen LogP contribution in [0.25, 0.3) is 0 Å². The molecular formula is C9H16N3S. The van der Waals surface area contributed by atoms with Gasteiger partial charge >= 0.3 is 0 Å². The molecule has 4 heteroatoms. The lowest BCUT2D eigenvalue weighted by atomic mass is 10.1. The first kappa shape index (κ1) is 10.4. The third-order valence-corrected chi connectivity index (χ3v) is 2.49. The number of anilines is 1. The molecule has 0 fully saturated rings. The number of rotatable bonds is 6. The van der Waals surface area contributed by atoms with E-state index in [9.17, 15) is 0 Å². The Morgan fingerprint density at radius 1 is 1.38 bits per heavy atom. The molecule has 0 aliphatic carbocycles. The van der Waals surface area contributed by atoms with Crippen molar-refractivity contribution in [2.45, 2.75) is 45.6 Å². The minimum absolute atomic E-state index is 0.563. The fraction of sp³-hybridized carbons (Fsp3) is 0.778.